The number of hydrogen-bond acceptors (Lipinski definition) is 6. The highest BCUT2D eigenvalue weighted by molar-refractivity contribution is 9.10. The topological polar surface area (TPSA) is 97.0 Å². The molecule has 0 saturated carbocycles. The first kappa shape index (κ1) is 25.5. The molecule has 192 valence electrons. The summed E-state index contributed by atoms with van der Waals surface area (Å²) in [5, 5.41) is 26.9. The number of nitrogens with zero attached hydrogens (tertiary/aromatic N) is 5. The molecular weight excluding hydrogens is 566 g/mol. The van der Waals surface area contributed by atoms with E-state index in [2.05, 4.69) is 15.9 Å². The lowest BCUT2D eigenvalue weighted by atomic mass is 10.1. The van der Waals surface area contributed by atoms with Gasteiger partial charge in [-0.25, -0.2) is 14.4 Å². The van der Waals surface area contributed by atoms with Crippen molar-refractivity contribution in [1.82, 2.24) is 14.0 Å². The molecule has 38 heavy (non-hydrogen) atoms. The maximum absolute atomic E-state index is 13.5. The van der Waals surface area contributed by atoms with Crippen molar-refractivity contribution in [1.29, 1.82) is 0 Å². The summed E-state index contributed by atoms with van der Waals surface area (Å²) in [4.78, 5) is 18.8. The van der Waals surface area contributed by atoms with Gasteiger partial charge >= 0.3 is 0 Å². The molecule has 0 saturated heterocycles. The number of benzene rings is 3. The van der Waals surface area contributed by atoms with Crippen molar-refractivity contribution < 1.29 is 10.2 Å². The van der Waals surface area contributed by atoms with Crippen LogP contribution in [0.25, 0.3) is 16.9 Å². The Morgan fingerprint density at radius 2 is 1.76 bits per heavy atom. The molecule has 5 rings (SSSR count). The van der Waals surface area contributed by atoms with E-state index in [1.165, 1.54) is 23.5 Å². The summed E-state index contributed by atoms with van der Waals surface area (Å²) in [6.45, 7) is 3.62. The highest BCUT2D eigenvalue weighted by atomic mass is 79.9. The normalized spacial score (nSPS) is 12.3. The van der Waals surface area contributed by atoms with Gasteiger partial charge in [0.15, 0.2) is 5.69 Å². The zero-order chi connectivity index (χ0) is 27.0. The Morgan fingerprint density at radius 3 is 2.47 bits per heavy atom. The van der Waals surface area contributed by atoms with Crippen LogP contribution in [0.4, 0.5) is 5.69 Å². The average Bonchev–Trinajstić information content (AvgIpc) is 3.38. The van der Waals surface area contributed by atoms with Gasteiger partial charge in [0.2, 0.25) is 4.80 Å². The van der Waals surface area contributed by atoms with Crippen LogP contribution in [0.2, 0.25) is 0 Å². The summed E-state index contributed by atoms with van der Waals surface area (Å²) < 4.78 is 5.96. The van der Waals surface area contributed by atoms with E-state index in [0.717, 1.165) is 21.4 Å². The van der Waals surface area contributed by atoms with Gasteiger partial charge in [0, 0.05) is 34.1 Å². The fourth-order valence-electron chi connectivity index (χ4n) is 4.13. The number of aromatic hydroxyl groups is 2. The van der Waals surface area contributed by atoms with Gasteiger partial charge in [-0.1, -0.05) is 46.3 Å². The van der Waals surface area contributed by atoms with Gasteiger partial charge < -0.3 is 10.2 Å². The molecule has 0 atom stereocenters. The van der Waals surface area contributed by atoms with Crippen LogP contribution in [0.1, 0.15) is 18.2 Å². The van der Waals surface area contributed by atoms with E-state index < -0.39 is 0 Å². The highest BCUT2D eigenvalue weighted by Gasteiger charge is 2.17. The molecule has 8 nitrogen and oxygen atoms in total. The van der Waals surface area contributed by atoms with Gasteiger partial charge in [-0.2, -0.15) is 5.10 Å². The predicted molar refractivity (Wildman–Crippen MR) is 154 cm³/mol. The van der Waals surface area contributed by atoms with Gasteiger partial charge in [-0.15, -0.1) is 11.3 Å². The van der Waals surface area contributed by atoms with Crippen molar-refractivity contribution >= 4 is 38.7 Å². The fourth-order valence-corrected chi connectivity index (χ4v) is 5.36. The third-order valence-electron chi connectivity index (χ3n) is 6.16. The van der Waals surface area contributed by atoms with Crippen LogP contribution >= 0.6 is 27.3 Å². The van der Waals surface area contributed by atoms with Crippen molar-refractivity contribution in [3.8, 4) is 28.4 Å². The molecule has 0 aliphatic carbocycles. The molecule has 0 unspecified atom stereocenters. The van der Waals surface area contributed by atoms with Gasteiger partial charge in [-0.05, 0) is 50.2 Å². The lowest BCUT2D eigenvalue weighted by molar-refractivity contribution is 0.450. The third kappa shape index (κ3) is 4.75. The first-order chi connectivity index (χ1) is 18.2. The summed E-state index contributed by atoms with van der Waals surface area (Å²) in [5.41, 5.74) is 4.17. The van der Waals surface area contributed by atoms with E-state index in [-0.39, 0.29) is 17.1 Å². The quantitative estimate of drug-likeness (QED) is 0.258. The van der Waals surface area contributed by atoms with Crippen LogP contribution in [0.15, 0.2) is 97.5 Å². The second kappa shape index (κ2) is 10.3. The molecule has 0 radical (unpaired) electrons. The smallest absolute Gasteiger partial charge is 0.297 e. The van der Waals surface area contributed by atoms with Crippen LogP contribution in [0.5, 0.6) is 11.5 Å². The Labute approximate surface area is 230 Å². The molecule has 0 bridgehead atoms. The van der Waals surface area contributed by atoms with Gasteiger partial charge in [0.1, 0.15) is 11.5 Å². The number of thiazole rings is 1. The zero-order valence-electron chi connectivity index (χ0n) is 20.8. The van der Waals surface area contributed by atoms with Crippen LogP contribution < -0.4 is 10.4 Å². The molecule has 0 fully saturated rings. The van der Waals surface area contributed by atoms with E-state index in [0.29, 0.717) is 27.5 Å². The lowest BCUT2D eigenvalue weighted by Gasteiger charge is -2.08. The van der Waals surface area contributed by atoms with Crippen molar-refractivity contribution in [2.75, 3.05) is 0 Å². The second-order valence-corrected chi connectivity index (χ2v) is 10.4. The highest BCUT2D eigenvalue weighted by Crippen LogP contribution is 2.26. The Hall–Kier alpha value is -4.15. The van der Waals surface area contributed by atoms with E-state index in [9.17, 15) is 15.0 Å². The summed E-state index contributed by atoms with van der Waals surface area (Å²) in [6.07, 6.45) is 0. The van der Waals surface area contributed by atoms with E-state index in [1.807, 2.05) is 73.9 Å². The van der Waals surface area contributed by atoms with Crippen LogP contribution in [0.3, 0.4) is 0 Å². The number of halogens is 1. The molecule has 0 amide bonds. The zero-order valence-corrected chi connectivity index (χ0v) is 23.2. The molecule has 10 heteroatoms. The Bertz CT molecular complexity index is 1810. The summed E-state index contributed by atoms with van der Waals surface area (Å²) in [5.74, 6) is -0.128. The maximum atomic E-state index is 13.5. The Kier molecular flexibility index (Phi) is 6.92. The minimum atomic E-state index is -0.239. The third-order valence-corrected chi connectivity index (χ3v) is 7.47. The molecule has 2 aromatic heterocycles. The number of phenolic OH excluding ortho intramolecular Hbond substituents is 2. The summed E-state index contributed by atoms with van der Waals surface area (Å²) >= 11 is 4.89. The minimum Gasteiger partial charge on any atom is -0.508 e. The number of rotatable bonds is 5. The van der Waals surface area contributed by atoms with Crippen molar-refractivity contribution in [3.05, 3.63) is 109 Å². The lowest BCUT2D eigenvalue weighted by Crippen LogP contribution is -2.20. The van der Waals surface area contributed by atoms with Crippen molar-refractivity contribution in [3.63, 3.8) is 0 Å². The number of hydrogen-bond donors (Lipinski definition) is 2. The minimum absolute atomic E-state index is 0.0398. The largest absolute Gasteiger partial charge is 0.508 e. The first-order valence-corrected chi connectivity index (χ1v) is 13.3. The molecule has 0 aliphatic rings. The molecule has 2 N–H and O–H groups in total. The van der Waals surface area contributed by atoms with Gasteiger partial charge in [-0.3, -0.25) is 9.48 Å². The second-order valence-electron chi connectivity index (χ2n) is 8.63. The van der Waals surface area contributed by atoms with Gasteiger partial charge in [0.25, 0.3) is 5.56 Å². The molecule has 0 aliphatic heterocycles. The summed E-state index contributed by atoms with van der Waals surface area (Å²) in [6, 6.07) is 21.6. The van der Waals surface area contributed by atoms with E-state index in [4.69, 9.17) is 10.1 Å². The molecular formula is C28H24BrN5O3S. The van der Waals surface area contributed by atoms with Crippen LogP contribution in [0, 0.1) is 6.92 Å². The van der Waals surface area contributed by atoms with Gasteiger partial charge in [0.05, 0.1) is 22.8 Å². The van der Waals surface area contributed by atoms with Crippen molar-refractivity contribution in [2.45, 2.75) is 13.8 Å². The molecule has 3 aromatic carbocycles. The van der Waals surface area contributed by atoms with E-state index >= 15 is 0 Å². The standard InChI is InChI=1S/C28H24BrN5O3S/c1-17(23-13-12-22(35)15-25(23)36)31-33-24(19-8-7-9-20(29)14-19)16-38-28(33)30-26-18(2)32(3)34(27(26)37)21-10-5-4-6-11-21/h4-16,35-36H,1-3H3. The Balaban J connectivity index is 1.74. The first-order valence-electron chi connectivity index (χ1n) is 11.7. The van der Waals surface area contributed by atoms with Crippen LogP contribution in [-0.2, 0) is 7.05 Å². The molecule has 5 aromatic rings. The van der Waals surface area contributed by atoms with E-state index in [1.54, 1.807) is 27.0 Å². The van der Waals surface area contributed by atoms with Crippen LogP contribution in [-0.4, -0.2) is 30.0 Å². The Morgan fingerprint density at radius 1 is 1.00 bits per heavy atom. The monoisotopic (exact) mass is 589 g/mol. The van der Waals surface area contributed by atoms with Crippen molar-refractivity contribution in [2.24, 2.45) is 17.1 Å². The number of aromatic nitrogens is 3. The molecule has 2 heterocycles. The SMILES string of the molecule is CC(=Nn1c(-c2cccc(Br)c2)csc1=Nc1c(C)n(C)n(-c2ccccc2)c1=O)c1ccc(O)cc1O. The number of para-hydroxylation sites is 1. The molecule has 0 spiro atoms. The predicted octanol–water partition coefficient (Wildman–Crippen LogP) is 5.69. The summed E-state index contributed by atoms with van der Waals surface area (Å²) in [7, 11) is 1.83. The maximum Gasteiger partial charge on any atom is 0.297 e. The fraction of sp³-hybridized carbons (Fsp3) is 0.107. The number of phenols is 2. The average molecular weight is 591 g/mol.